The van der Waals surface area contributed by atoms with Gasteiger partial charge >= 0.3 is 6.18 Å². The molecule has 0 radical (unpaired) electrons. The molecule has 0 unspecified atom stereocenters. The maximum Gasteiger partial charge on any atom is 0.416 e. The summed E-state index contributed by atoms with van der Waals surface area (Å²) in [5.41, 5.74) is 0.357. The number of carbonyl (C=O) groups is 1. The molecule has 0 spiro atoms. The summed E-state index contributed by atoms with van der Waals surface area (Å²) in [6.07, 6.45) is -4.42. The third kappa shape index (κ3) is 4.53. The summed E-state index contributed by atoms with van der Waals surface area (Å²) in [5.74, 6) is 4.49. The van der Waals surface area contributed by atoms with Crippen LogP contribution in [0.4, 0.5) is 13.2 Å². The van der Waals surface area contributed by atoms with Gasteiger partial charge in [-0.1, -0.05) is 24.0 Å². The van der Waals surface area contributed by atoms with E-state index in [1.165, 1.54) is 24.3 Å². The van der Waals surface area contributed by atoms with E-state index in [1.807, 2.05) is 0 Å². The summed E-state index contributed by atoms with van der Waals surface area (Å²) < 4.78 is 37.8. The maximum absolute atomic E-state index is 12.6. The fourth-order valence-electron chi connectivity index (χ4n) is 1.97. The highest BCUT2D eigenvalue weighted by molar-refractivity contribution is 5.97. The van der Waals surface area contributed by atoms with Crippen molar-refractivity contribution in [1.29, 1.82) is 0 Å². The van der Waals surface area contributed by atoms with Crippen LogP contribution in [0.2, 0.25) is 0 Å². The highest BCUT2D eigenvalue weighted by atomic mass is 19.4. The monoisotopic (exact) mass is 333 g/mol. The molecular formula is C18H14F3NO2. The van der Waals surface area contributed by atoms with Crippen LogP contribution in [-0.4, -0.2) is 17.6 Å². The molecule has 2 aromatic rings. The average Bonchev–Trinajstić information content (AvgIpc) is 2.51. The molecular weight excluding hydrogens is 319 g/mol. The van der Waals surface area contributed by atoms with Gasteiger partial charge in [0.15, 0.2) is 0 Å². The van der Waals surface area contributed by atoms with Crippen molar-refractivity contribution in [3.8, 4) is 17.6 Å². The number of hydrogen-bond donors (Lipinski definition) is 2. The van der Waals surface area contributed by atoms with Crippen molar-refractivity contribution in [2.75, 3.05) is 6.54 Å². The molecule has 124 valence electrons. The van der Waals surface area contributed by atoms with Crippen molar-refractivity contribution in [3.63, 3.8) is 0 Å². The Labute approximate surface area is 137 Å². The first kappa shape index (κ1) is 17.4. The van der Waals surface area contributed by atoms with E-state index >= 15 is 0 Å². The molecule has 2 aromatic carbocycles. The van der Waals surface area contributed by atoms with Gasteiger partial charge in [-0.3, -0.25) is 4.79 Å². The van der Waals surface area contributed by atoms with Crippen LogP contribution in [-0.2, 0) is 6.18 Å². The molecule has 0 aliphatic rings. The van der Waals surface area contributed by atoms with Crippen molar-refractivity contribution in [1.82, 2.24) is 5.32 Å². The second-order valence-corrected chi connectivity index (χ2v) is 5.08. The van der Waals surface area contributed by atoms with Crippen molar-refractivity contribution < 1.29 is 23.1 Å². The van der Waals surface area contributed by atoms with Crippen molar-refractivity contribution in [2.24, 2.45) is 0 Å². The second kappa shape index (κ2) is 7.09. The Morgan fingerprint density at radius 1 is 1.21 bits per heavy atom. The fraction of sp³-hybridized carbons (Fsp3) is 0.167. The largest absolute Gasteiger partial charge is 0.507 e. The van der Waals surface area contributed by atoms with Crippen LogP contribution < -0.4 is 5.32 Å². The smallest absolute Gasteiger partial charge is 0.416 e. The van der Waals surface area contributed by atoms with Crippen LogP contribution in [0.5, 0.6) is 5.75 Å². The lowest BCUT2D eigenvalue weighted by atomic mass is 10.1. The third-order valence-electron chi connectivity index (χ3n) is 3.16. The summed E-state index contributed by atoms with van der Waals surface area (Å²) in [7, 11) is 0. The van der Waals surface area contributed by atoms with Gasteiger partial charge in [0.2, 0.25) is 0 Å². The first-order valence-corrected chi connectivity index (χ1v) is 7.01. The fourth-order valence-corrected chi connectivity index (χ4v) is 1.97. The first-order chi connectivity index (χ1) is 11.3. The van der Waals surface area contributed by atoms with Gasteiger partial charge in [0, 0.05) is 5.56 Å². The number of hydrogen-bond acceptors (Lipinski definition) is 2. The minimum Gasteiger partial charge on any atom is -0.507 e. The number of aryl methyl sites for hydroxylation is 1. The highest BCUT2D eigenvalue weighted by Crippen LogP contribution is 2.29. The molecule has 0 atom stereocenters. The van der Waals surface area contributed by atoms with Crippen LogP contribution in [0, 0.1) is 18.8 Å². The summed E-state index contributed by atoms with van der Waals surface area (Å²) in [5, 5.41) is 12.2. The zero-order chi connectivity index (χ0) is 17.7. The van der Waals surface area contributed by atoms with E-state index in [0.29, 0.717) is 0 Å². The van der Waals surface area contributed by atoms with Crippen LogP contribution in [0.3, 0.4) is 0 Å². The molecule has 0 fully saturated rings. The predicted octanol–water partition coefficient (Wildman–Crippen LogP) is 3.50. The van der Waals surface area contributed by atoms with E-state index < -0.39 is 17.6 Å². The number of phenols is 1. The topological polar surface area (TPSA) is 49.3 Å². The third-order valence-corrected chi connectivity index (χ3v) is 3.16. The number of nitrogens with one attached hydrogen (secondary N) is 1. The van der Waals surface area contributed by atoms with Crippen LogP contribution in [0.15, 0.2) is 42.5 Å². The molecule has 0 aromatic heterocycles. The van der Waals surface area contributed by atoms with Crippen molar-refractivity contribution in [2.45, 2.75) is 13.1 Å². The summed E-state index contributed by atoms with van der Waals surface area (Å²) >= 11 is 0. The highest BCUT2D eigenvalue weighted by Gasteiger charge is 2.30. The predicted molar refractivity (Wildman–Crippen MR) is 83.5 cm³/mol. The Hall–Kier alpha value is -2.94. The summed E-state index contributed by atoms with van der Waals surface area (Å²) in [4.78, 5) is 11.9. The van der Waals surface area contributed by atoms with Gasteiger partial charge in [-0.2, -0.15) is 13.2 Å². The van der Waals surface area contributed by atoms with E-state index in [9.17, 15) is 23.1 Å². The van der Waals surface area contributed by atoms with E-state index in [2.05, 4.69) is 17.2 Å². The molecule has 6 heteroatoms. The molecule has 0 aliphatic heterocycles. The normalized spacial score (nSPS) is 10.7. The van der Waals surface area contributed by atoms with E-state index in [0.717, 1.165) is 17.7 Å². The van der Waals surface area contributed by atoms with E-state index in [-0.39, 0.29) is 23.4 Å². The van der Waals surface area contributed by atoms with Crippen molar-refractivity contribution in [3.05, 3.63) is 64.7 Å². The lowest BCUT2D eigenvalue weighted by Gasteiger charge is -2.06. The summed E-state index contributed by atoms with van der Waals surface area (Å²) in [6.45, 7) is 1.73. The Morgan fingerprint density at radius 2 is 1.96 bits per heavy atom. The van der Waals surface area contributed by atoms with Gasteiger partial charge in [0.05, 0.1) is 17.7 Å². The summed E-state index contributed by atoms with van der Waals surface area (Å²) in [6, 6.07) is 9.27. The second-order valence-electron chi connectivity index (χ2n) is 5.08. The first-order valence-electron chi connectivity index (χ1n) is 7.01. The minimum absolute atomic E-state index is 0.0532. The van der Waals surface area contributed by atoms with Crippen LogP contribution in [0.25, 0.3) is 0 Å². The molecule has 3 nitrogen and oxygen atoms in total. The molecule has 0 aliphatic carbocycles. The Morgan fingerprint density at radius 3 is 2.62 bits per heavy atom. The van der Waals surface area contributed by atoms with Crippen molar-refractivity contribution >= 4 is 5.91 Å². The number of alkyl halides is 3. The quantitative estimate of drug-likeness (QED) is 0.827. The van der Waals surface area contributed by atoms with E-state index in [1.54, 1.807) is 13.0 Å². The number of halogens is 3. The number of phenolic OH excluding ortho intramolecular Hbond substituents is 1. The molecule has 0 heterocycles. The number of carbonyl (C=O) groups excluding carboxylic acids is 1. The molecule has 0 bridgehead atoms. The zero-order valence-electron chi connectivity index (χ0n) is 12.7. The van der Waals surface area contributed by atoms with Gasteiger partial charge in [0.25, 0.3) is 5.91 Å². The standard InChI is InChI=1S/C18H14F3NO2/c1-12-7-8-15(16(23)10-12)17(24)22-9-3-5-13-4-2-6-14(11-13)18(19,20)21/h2,4,6-8,10-11,23H,9H2,1H3,(H,22,24). The average molecular weight is 333 g/mol. The van der Waals surface area contributed by atoms with Crippen LogP contribution >= 0.6 is 0 Å². The lowest BCUT2D eigenvalue weighted by Crippen LogP contribution is -2.23. The number of benzene rings is 2. The molecule has 2 N–H and O–H groups in total. The molecule has 24 heavy (non-hydrogen) atoms. The molecule has 0 saturated carbocycles. The van der Waals surface area contributed by atoms with Gasteiger partial charge < -0.3 is 10.4 Å². The van der Waals surface area contributed by atoms with Gasteiger partial charge in [-0.05, 0) is 42.8 Å². The van der Waals surface area contributed by atoms with E-state index in [4.69, 9.17) is 0 Å². The number of rotatable bonds is 2. The lowest BCUT2D eigenvalue weighted by molar-refractivity contribution is -0.137. The number of amides is 1. The minimum atomic E-state index is -4.42. The molecule has 2 rings (SSSR count). The Bertz CT molecular complexity index is 817. The Kier molecular flexibility index (Phi) is 5.14. The van der Waals surface area contributed by atoms with Gasteiger partial charge in [0.1, 0.15) is 5.75 Å². The van der Waals surface area contributed by atoms with Crippen LogP contribution in [0.1, 0.15) is 27.0 Å². The zero-order valence-corrected chi connectivity index (χ0v) is 12.7. The SMILES string of the molecule is Cc1ccc(C(=O)NCC#Cc2cccc(C(F)(F)F)c2)c(O)c1. The number of aromatic hydroxyl groups is 1. The molecule has 0 saturated heterocycles. The molecule has 1 amide bonds. The Balaban J connectivity index is 2.00. The van der Waals surface area contributed by atoms with Gasteiger partial charge in [-0.25, -0.2) is 0 Å². The maximum atomic E-state index is 12.6. The van der Waals surface area contributed by atoms with Gasteiger partial charge in [-0.15, -0.1) is 0 Å².